The molecule has 6 nitrogen and oxygen atoms in total. The molecule has 0 unspecified atom stereocenters. The van der Waals surface area contributed by atoms with Crippen molar-refractivity contribution in [3.63, 3.8) is 0 Å². The average Bonchev–Trinajstić information content (AvgIpc) is 3.08. The predicted octanol–water partition coefficient (Wildman–Crippen LogP) is 3.57. The van der Waals surface area contributed by atoms with E-state index in [9.17, 15) is 21.6 Å². The molecule has 0 aliphatic rings. The van der Waals surface area contributed by atoms with Gasteiger partial charge in [-0.2, -0.15) is 5.10 Å². The molecular weight excluding hydrogens is 371 g/mol. The number of rotatable bonds is 5. The fourth-order valence-electron chi connectivity index (χ4n) is 2.20. The second kappa shape index (κ2) is 6.71. The molecule has 1 heterocycles. The standard InChI is InChI=1S/C16H12F3N3O3S/c17-16(18,19)25-12-6-8-13(9-7-12)26(23,24)21-14-4-1-2-5-15(14)22-11-3-10-20-22/h1-11,21H. The lowest BCUT2D eigenvalue weighted by molar-refractivity contribution is -0.274. The van der Waals surface area contributed by atoms with Gasteiger partial charge in [0.05, 0.1) is 16.3 Å². The minimum Gasteiger partial charge on any atom is -0.406 e. The molecule has 0 aliphatic heterocycles. The summed E-state index contributed by atoms with van der Waals surface area (Å²) in [5, 5.41) is 4.05. The highest BCUT2D eigenvalue weighted by Gasteiger charge is 2.31. The normalized spacial score (nSPS) is 12.0. The highest BCUT2D eigenvalue weighted by atomic mass is 32.2. The molecule has 0 radical (unpaired) electrons. The van der Waals surface area contributed by atoms with Gasteiger partial charge >= 0.3 is 6.36 Å². The summed E-state index contributed by atoms with van der Waals surface area (Å²) in [6.07, 6.45) is -1.65. The zero-order valence-corrected chi connectivity index (χ0v) is 13.8. The number of nitrogens with zero attached hydrogens (tertiary/aromatic N) is 2. The number of anilines is 1. The third kappa shape index (κ3) is 4.14. The molecule has 3 rings (SSSR count). The molecule has 136 valence electrons. The van der Waals surface area contributed by atoms with Crippen molar-refractivity contribution >= 4 is 15.7 Å². The van der Waals surface area contributed by atoms with E-state index in [1.807, 2.05) is 0 Å². The summed E-state index contributed by atoms with van der Waals surface area (Å²) < 4.78 is 69.2. The maximum absolute atomic E-state index is 12.5. The van der Waals surface area contributed by atoms with E-state index in [1.54, 1.807) is 42.7 Å². The molecule has 0 atom stereocenters. The van der Waals surface area contributed by atoms with Gasteiger partial charge in [-0.3, -0.25) is 4.72 Å². The number of nitrogens with one attached hydrogen (secondary N) is 1. The summed E-state index contributed by atoms with van der Waals surface area (Å²) >= 11 is 0. The number of hydrogen-bond acceptors (Lipinski definition) is 4. The van der Waals surface area contributed by atoms with Crippen LogP contribution in [0.1, 0.15) is 0 Å². The summed E-state index contributed by atoms with van der Waals surface area (Å²) in [5.74, 6) is -0.506. The maximum atomic E-state index is 12.5. The van der Waals surface area contributed by atoms with Crippen molar-refractivity contribution in [3.8, 4) is 11.4 Å². The van der Waals surface area contributed by atoms with E-state index in [0.29, 0.717) is 5.69 Å². The third-order valence-electron chi connectivity index (χ3n) is 3.27. The van der Waals surface area contributed by atoms with Crippen LogP contribution in [0, 0.1) is 0 Å². The number of alkyl halides is 3. The van der Waals surface area contributed by atoms with Crippen molar-refractivity contribution in [3.05, 3.63) is 67.0 Å². The first-order valence-corrected chi connectivity index (χ1v) is 8.71. The Morgan fingerprint density at radius 2 is 1.69 bits per heavy atom. The molecule has 0 bridgehead atoms. The third-order valence-corrected chi connectivity index (χ3v) is 4.65. The number of sulfonamides is 1. The Bertz CT molecular complexity index is 986. The Morgan fingerprint density at radius 3 is 2.31 bits per heavy atom. The number of benzene rings is 2. The van der Waals surface area contributed by atoms with Crippen LogP contribution in [0.4, 0.5) is 18.9 Å². The maximum Gasteiger partial charge on any atom is 0.573 e. The van der Waals surface area contributed by atoms with Gasteiger partial charge in [-0.15, -0.1) is 13.2 Å². The molecule has 1 aromatic heterocycles. The first-order chi connectivity index (χ1) is 12.2. The molecule has 0 saturated heterocycles. The van der Waals surface area contributed by atoms with Gasteiger partial charge in [-0.1, -0.05) is 12.1 Å². The molecule has 0 amide bonds. The topological polar surface area (TPSA) is 73.2 Å². The largest absolute Gasteiger partial charge is 0.573 e. The number of halogens is 3. The lowest BCUT2D eigenvalue weighted by Crippen LogP contribution is -2.17. The van der Waals surface area contributed by atoms with E-state index >= 15 is 0 Å². The number of para-hydroxylation sites is 2. The summed E-state index contributed by atoms with van der Waals surface area (Å²) in [6.45, 7) is 0. The number of aromatic nitrogens is 2. The smallest absolute Gasteiger partial charge is 0.406 e. The average molecular weight is 383 g/mol. The Labute approximate surface area is 146 Å². The lowest BCUT2D eigenvalue weighted by atomic mass is 10.3. The van der Waals surface area contributed by atoms with Crippen LogP contribution in [0.15, 0.2) is 71.9 Å². The van der Waals surface area contributed by atoms with E-state index in [0.717, 1.165) is 24.3 Å². The summed E-state index contributed by atoms with van der Waals surface area (Å²) in [7, 11) is -4.02. The van der Waals surface area contributed by atoms with Gasteiger partial charge < -0.3 is 4.74 Å². The minimum atomic E-state index is -4.85. The van der Waals surface area contributed by atoms with Crippen LogP contribution in [0.25, 0.3) is 5.69 Å². The fourth-order valence-corrected chi connectivity index (χ4v) is 3.27. The van der Waals surface area contributed by atoms with E-state index in [1.165, 1.54) is 4.68 Å². The SMILES string of the molecule is O=S(=O)(Nc1ccccc1-n1cccn1)c1ccc(OC(F)(F)F)cc1. The molecular formula is C16H12F3N3O3S. The molecule has 0 fully saturated rings. The first-order valence-electron chi connectivity index (χ1n) is 7.22. The van der Waals surface area contributed by atoms with Crippen molar-refractivity contribution in [1.82, 2.24) is 9.78 Å². The van der Waals surface area contributed by atoms with Crippen molar-refractivity contribution in [2.45, 2.75) is 11.3 Å². The van der Waals surface area contributed by atoms with Crippen LogP contribution < -0.4 is 9.46 Å². The molecule has 1 N–H and O–H groups in total. The first kappa shape index (κ1) is 17.8. The van der Waals surface area contributed by atoms with Gasteiger partial charge in [0.15, 0.2) is 0 Å². The zero-order valence-electron chi connectivity index (χ0n) is 13.0. The summed E-state index contributed by atoms with van der Waals surface area (Å²) in [4.78, 5) is -0.206. The quantitative estimate of drug-likeness (QED) is 0.731. The summed E-state index contributed by atoms with van der Waals surface area (Å²) in [6, 6.07) is 12.2. The predicted molar refractivity (Wildman–Crippen MR) is 87.5 cm³/mol. The van der Waals surface area contributed by atoms with E-state index < -0.39 is 22.1 Å². The molecule has 26 heavy (non-hydrogen) atoms. The molecule has 10 heteroatoms. The number of ether oxygens (including phenoxy) is 1. The lowest BCUT2D eigenvalue weighted by Gasteiger charge is -2.13. The Balaban J connectivity index is 1.86. The minimum absolute atomic E-state index is 0.206. The summed E-state index contributed by atoms with van der Waals surface area (Å²) in [5.41, 5.74) is 0.768. The van der Waals surface area contributed by atoms with Gasteiger partial charge in [0.25, 0.3) is 10.0 Å². The van der Waals surface area contributed by atoms with Gasteiger partial charge in [-0.25, -0.2) is 13.1 Å². The van der Waals surface area contributed by atoms with Crippen LogP contribution in [-0.4, -0.2) is 24.6 Å². The van der Waals surface area contributed by atoms with E-state index in [2.05, 4.69) is 14.6 Å². The van der Waals surface area contributed by atoms with Crippen molar-refractivity contribution in [2.75, 3.05) is 4.72 Å². The van der Waals surface area contributed by atoms with Crippen LogP contribution >= 0.6 is 0 Å². The Morgan fingerprint density at radius 1 is 1.00 bits per heavy atom. The molecule has 0 saturated carbocycles. The highest BCUT2D eigenvalue weighted by Crippen LogP contribution is 2.26. The Kier molecular flexibility index (Phi) is 4.60. The van der Waals surface area contributed by atoms with Crippen molar-refractivity contribution in [2.24, 2.45) is 0 Å². The molecule has 2 aromatic carbocycles. The second-order valence-corrected chi connectivity index (χ2v) is 6.77. The van der Waals surface area contributed by atoms with Crippen molar-refractivity contribution < 1.29 is 26.3 Å². The van der Waals surface area contributed by atoms with Crippen LogP contribution in [0.2, 0.25) is 0 Å². The molecule has 0 aliphatic carbocycles. The monoisotopic (exact) mass is 383 g/mol. The number of hydrogen-bond donors (Lipinski definition) is 1. The highest BCUT2D eigenvalue weighted by molar-refractivity contribution is 7.92. The van der Waals surface area contributed by atoms with Gasteiger partial charge in [-0.05, 0) is 42.5 Å². The van der Waals surface area contributed by atoms with Gasteiger partial charge in [0.2, 0.25) is 0 Å². The zero-order chi connectivity index (χ0) is 18.8. The van der Waals surface area contributed by atoms with Crippen LogP contribution in [0.3, 0.4) is 0 Å². The van der Waals surface area contributed by atoms with Gasteiger partial charge in [0, 0.05) is 12.4 Å². The van der Waals surface area contributed by atoms with Gasteiger partial charge in [0.1, 0.15) is 5.75 Å². The van der Waals surface area contributed by atoms with E-state index in [4.69, 9.17) is 0 Å². The molecule has 0 spiro atoms. The van der Waals surface area contributed by atoms with Crippen molar-refractivity contribution in [1.29, 1.82) is 0 Å². The fraction of sp³-hybridized carbons (Fsp3) is 0.0625. The van der Waals surface area contributed by atoms with E-state index in [-0.39, 0.29) is 10.6 Å². The van der Waals surface area contributed by atoms with Crippen LogP contribution in [0.5, 0.6) is 5.75 Å². The molecule has 3 aromatic rings. The van der Waals surface area contributed by atoms with Crippen LogP contribution in [-0.2, 0) is 10.0 Å². The second-order valence-electron chi connectivity index (χ2n) is 5.09. The Hall–Kier alpha value is -3.01.